The number of benzene rings is 1. The molecule has 0 saturated carbocycles. The Morgan fingerprint density at radius 2 is 2.13 bits per heavy atom. The van der Waals surface area contributed by atoms with Crippen molar-refractivity contribution >= 4 is 17.5 Å². The average Bonchev–Trinajstić information content (AvgIpc) is 2.56. The normalized spacial score (nSPS) is 18.6. The number of hydrogen-bond donors (Lipinski definition) is 1. The molecule has 1 heterocycles. The minimum absolute atomic E-state index is 0.0683. The van der Waals surface area contributed by atoms with Crippen molar-refractivity contribution in [2.24, 2.45) is 5.41 Å². The molecule has 0 bridgehead atoms. The molecular formula is C17H23ClFNO3. The second-order valence-electron chi connectivity index (χ2n) is 6.17. The van der Waals surface area contributed by atoms with E-state index in [4.69, 9.17) is 16.3 Å². The second-order valence-corrected chi connectivity index (χ2v) is 6.58. The third kappa shape index (κ3) is 4.15. The molecule has 0 radical (unpaired) electrons. The maximum Gasteiger partial charge on any atom is 0.263 e. The Labute approximate surface area is 141 Å². The summed E-state index contributed by atoms with van der Waals surface area (Å²) < 4.78 is 18.6. The topological polar surface area (TPSA) is 49.8 Å². The van der Waals surface area contributed by atoms with E-state index in [1.165, 1.54) is 12.1 Å². The Kier molecular flexibility index (Phi) is 5.87. The lowest BCUT2D eigenvalue weighted by molar-refractivity contribution is -0.140. The molecule has 1 aliphatic rings. The van der Waals surface area contributed by atoms with Gasteiger partial charge in [0.1, 0.15) is 11.6 Å². The molecule has 1 N–H and O–H groups in total. The summed E-state index contributed by atoms with van der Waals surface area (Å²) in [7, 11) is 0. The predicted molar refractivity (Wildman–Crippen MR) is 87.1 cm³/mol. The van der Waals surface area contributed by atoms with Crippen molar-refractivity contribution in [3.8, 4) is 5.75 Å². The molecule has 1 fully saturated rings. The van der Waals surface area contributed by atoms with Gasteiger partial charge in [0.25, 0.3) is 5.91 Å². The number of rotatable bonds is 5. The van der Waals surface area contributed by atoms with Crippen molar-refractivity contribution in [3.05, 3.63) is 29.0 Å². The summed E-state index contributed by atoms with van der Waals surface area (Å²) in [4.78, 5) is 14.2. The van der Waals surface area contributed by atoms with Crippen LogP contribution in [0, 0.1) is 11.2 Å². The maximum atomic E-state index is 13.0. The Morgan fingerprint density at radius 3 is 2.65 bits per heavy atom. The fourth-order valence-corrected chi connectivity index (χ4v) is 3.11. The fraction of sp³-hybridized carbons (Fsp3) is 0.588. The number of aliphatic hydroxyl groups is 1. The van der Waals surface area contributed by atoms with E-state index in [0.717, 1.165) is 25.3 Å². The molecule has 1 aromatic rings. The highest BCUT2D eigenvalue weighted by atomic mass is 35.5. The van der Waals surface area contributed by atoms with Crippen LogP contribution in [0.5, 0.6) is 5.75 Å². The second kappa shape index (κ2) is 7.49. The lowest BCUT2D eigenvalue weighted by Crippen LogP contribution is -2.48. The quantitative estimate of drug-likeness (QED) is 0.892. The van der Waals surface area contributed by atoms with E-state index in [2.05, 4.69) is 6.92 Å². The van der Waals surface area contributed by atoms with E-state index in [0.29, 0.717) is 18.8 Å². The molecule has 4 nitrogen and oxygen atoms in total. The van der Waals surface area contributed by atoms with Crippen LogP contribution >= 0.6 is 11.6 Å². The number of aliphatic hydroxyl groups excluding tert-OH is 1. The van der Waals surface area contributed by atoms with Gasteiger partial charge >= 0.3 is 0 Å². The number of carbonyl (C=O) groups excluding carboxylic acids is 1. The first-order valence-corrected chi connectivity index (χ1v) is 8.30. The molecule has 128 valence electrons. The summed E-state index contributed by atoms with van der Waals surface area (Å²) in [6.07, 6.45) is 1.79. The molecule has 1 unspecified atom stereocenters. The van der Waals surface area contributed by atoms with Crippen LogP contribution in [0.3, 0.4) is 0 Å². The van der Waals surface area contributed by atoms with Crippen LogP contribution in [0.2, 0.25) is 5.02 Å². The Balaban J connectivity index is 1.95. The molecular weight excluding hydrogens is 321 g/mol. The van der Waals surface area contributed by atoms with Gasteiger partial charge in [-0.25, -0.2) is 4.39 Å². The number of carbonyl (C=O) groups is 1. The van der Waals surface area contributed by atoms with E-state index in [1.54, 1.807) is 11.8 Å². The predicted octanol–water partition coefficient (Wildman–Crippen LogP) is 3.26. The van der Waals surface area contributed by atoms with Gasteiger partial charge < -0.3 is 14.7 Å². The highest BCUT2D eigenvalue weighted by Crippen LogP contribution is 2.34. The summed E-state index contributed by atoms with van der Waals surface area (Å²) in [6.45, 7) is 5.10. The molecule has 23 heavy (non-hydrogen) atoms. The van der Waals surface area contributed by atoms with E-state index >= 15 is 0 Å². The van der Waals surface area contributed by atoms with Gasteiger partial charge in [0.15, 0.2) is 6.10 Å². The first-order chi connectivity index (χ1) is 10.9. The molecule has 0 aliphatic carbocycles. The average molecular weight is 344 g/mol. The van der Waals surface area contributed by atoms with Crippen molar-refractivity contribution in [1.82, 2.24) is 4.90 Å². The summed E-state index contributed by atoms with van der Waals surface area (Å²) in [6, 6.07) is 3.83. The highest BCUT2D eigenvalue weighted by Gasteiger charge is 2.35. The number of likely N-dealkylation sites (tertiary alicyclic amines) is 1. The third-order valence-electron chi connectivity index (χ3n) is 4.77. The maximum absolute atomic E-state index is 13.0. The minimum Gasteiger partial charge on any atom is -0.479 e. The molecule has 1 aromatic carbocycles. The summed E-state index contributed by atoms with van der Waals surface area (Å²) >= 11 is 5.92. The van der Waals surface area contributed by atoms with Crippen molar-refractivity contribution < 1.29 is 19.0 Å². The molecule has 1 amide bonds. The Bertz CT molecular complexity index is 553. The molecule has 0 spiro atoms. The van der Waals surface area contributed by atoms with Gasteiger partial charge in [0.2, 0.25) is 0 Å². The SMILES string of the molecule is CCC1(CO)CCN(C(=O)C(C)Oc2ccc(F)cc2Cl)CC1. The molecule has 1 atom stereocenters. The first kappa shape index (κ1) is 18.0. The number of amides is 1. The Morgan fingerprint density at radius 1 is 1.48 bits per heavy atom. The van der Waals surface area contributed by atoms with Crippen LogP contribution in [-0.2, 0) is 4.79 Å². The molecule has 6 heteroatoms. The molecule has 1 aliphatic heterocycles. The third-order valence-corrected chi connectivity index (χ3v) is 5.06. The van der Waals surface area contributed by atoms with Gasteiger partial charge in [-0.15, -0.1) is 0 Å². The van der Waals surface area contributed by atoms with Gasteiger partial charge in [-0.3, -0.25) is 4.79 Å². The van der Waals surface area contributed by atoms with Gasteiger partial charge in [-0.2, -0.15) is 0 Å². The van der Waals surface area contributed by atoms with E-state index < -0.39 is 11.9 Å². The standard InChI is InChI=1S/C17H23ClFNO3/c1-3-17(11-21)6-8-20(9-7-17)16(22)12(2)23-15-5-4-13(19)10-14(15)18/h4-5,10,12,21H,3,6-9,11H2,1-2H3. The number of nitrogens with zero attached hydrogens (tertiary/aromatic N) is 1. The van der Waals surface area contributed by atoms with Crippen LogP contribution in [0.15, 0.2) is 18.2 Å². The van der Waals surface area contributed by atoms with Crippen LogP contribution in [0.1, 0.15) is 33.1 Å². The van der Waals surface area contributed by atoms with Gasteiger partial charge in [-0.1, -0.05) is 18.5 Å². The van der Waals surface area contributed by atoms with Crippen molar-refractivity contribution in [2.45, 2.75) is 39.2 Å². The lowest BCUT2D eigenvalue weighted by Gasteiger charge is -2.40. The monoisotopic (exact) mass is 343 g/mol. The van der Waals surface area contributed by atoms with E-state index in [1.807, 2.05) is 0 Å². The number of piperidine rings is 1. The van der Waals surface area contributed by atoms with Crippen LogP contribution in [-0.4, -0.2) is 41.7 Å². The zero-order chi connectivity index (χ0) is 17.0. The fourth-order valence-electron chi connectivity index (χ4n) is 2.89. The van der Waals surface area contributed by atoms with Crippen LogP contribution in [0.4, 0.5) is 4.39 Å². The molecule has 1 saturated heterocycles. The van der Waals surface area contributed by atoms with Gasteiger partial charge in [0.05, 0.1) is 5.02 Å². The number of halogens is 2. The van der Waals surface area contributed by atoms with Crippen LogP contribution in [0.25, 0.3) is 0 Å². The lowest BCUT2D eigenvalue weighted by atomic mass is 9.77. The van der Waals surface area contributed by atoms with Gasteiger partial charge in [0, 0.05) is 19.7 Å². The number of ether oxygens (including phenoxy) is 1. The summed E-state index contributed by atoms with van der Waals surface area (Å²) in [5.41, 5.74) is -0.0683. The van der Waals surface area contributed by atoms with E-state index in [-0.39, 0.29) is 23.0 Å². The smallest absolute Gasteiger partial charge is 0.263 e. The molecule has 2 rings (SSSR count). The first-order valence-electron chi connectivity index (χ1n) is 7.92. The summed E-state index contributed by atoms with van der Waals surface area (Å²) in [5.74, 6) is -0.269. The van der Waals surface area contributed by atoms with Crippen LogP contribution < -0.4 is 4.74 Å². The number of hydrogen-bond acceptors (Lipinski definition) is 3. The van der Waals surface area contributed by atoms with Crippen molar-refractivity contribution in [1.29, 1.82) is 0 Å². The summed E-state index contributed by atoms with van der Waals surface area (Å²) in [5, 5.41) is 9.70. The highest BCUT2D eigenvalue weighted by molar-refractivity contribution is 6.32. The van der Waals surface area contributed by atoms with Gasteiger partial charge in [-0.05, 0) is 49.8 Å². The zero-order valence-electron chi connectivity index (χ0n) is 13.5. The van der Waals surface area contributed by atoms with E-state index in [9.17, 15) is 14.3 Å². The minimum atomic E-state index is -0.693. The largest absolute Gasteiger partial charge is 0.479 e. The van der Waals surface area contributed by atoms with Crippen molar-refractivity contribution in [2.75, 3.05) is 19.7 Å². The van der Waals surface area contributed by atoms with Crippen molar-refractivity contribution in [3.63, 3.8) is 0 Å². The Hall–Kier alpha value is -1.33. The molecule has 0 aromatic heterocycles. The zero-order valence-corrected chi connectivity index (χ0v) is 14.3.